The lowest BCUT2D eigenvalue weighted by atomic mass is 9.79. The van der Waals surface area contributed by atoms with Gasteiger partial charge in [-0.25, -0.2) is 8.42 Å². The molecule has 1 aliphatic heterocycles. The van der Waals surface area contributed by atoms with Crippen molar-refractivity contribution in [3.05, 3.63) is 29.8 Å². The van der Waals surface area contributed by atoms with Crippen LogP contribution in [0.15, 0.2) is 29.2 Å². The topological polar surface area (TPSA) is 54.5 Å². The van der Waals surface area contributed by atoms with Crippen molar-refractivity contribution in [2.75, 3.05) is 13.1 Å². The highest BCUT2D eigenvalue weighted by molar-refractivity contribution is 7.89. The van der Waals surface area contributed by atoms with Gasteiger partial charge in [0.05, 0.1) is 4.90 Å². The number of hydrogen-bond acceptors (Lipinski definition) is 3. The van der Waals surface area contributed by atoms with Crippen LogP contribution in [-0.4, -0.2) is 31.6 Å². The Morgan fingerprint density at radius 1 is 1.09 bits per heavy atom. The number of ketones is 1. The molecule has 0 unspecified atom stereocenters. The number of rotatable bonds is 3. The SMILES string of the molecule is Cc1ccc(S(=O)(=O)N2CCC(C(=O)C(C)(C)C)CC2)cc1. The number of benzene rings is 1. The first-order valence-electron chi connectivity index (χ1n) is 7.73. The predicted molar refractivity (Wildman–Crippen MR) is 87.1 cm³/mol. The molecular weight excluding hydrogens is 298 g/mol. The summed E-state index contributed by atoms with van der Waals surface area (Å²) in [6, 6.07) is 6.92. The molecule has 0 atom stereocenters. The van der Waals surface area contributed by atoms with E-state index in [4.69, 9.17) is 0 Å². The van der Waals surface area contributed by atoms with E-state index in [1.807, 2.05) is 39.8 Å². The van der Waals surface area contributed by atoms with Crippen LogP contribution in [0.5, 0.6) is 0 Å². The third kappa shape index (κ3) is 3.58. The smallest absolute Gasteiger partial charge is 0.243 e. The second kappa shape index (κ2) is 6.13. The van der Waals surface area contributed by atoms with Gasteiger partial charge in [-0.15, -0.1) is 0 Å². The summed E-state index contributed by atoms with van der Waals surface area (Å²) in [5.41, 5.74) is 0.677. The van der Waals surface area contributed by atoms with Crippen LogP contribution >= 0.6 is 0 Å². The molecule has 22 heavy (non-hydrogen) atoms. The Hall–Kier alpha value is -1.20. The van der Waals surface area contributed by atoms with Crippen LogP contribution in [0.4, 0.5) is 0 Å². The van der Waals surface area contributed by atoms with Gasteiger partial charge in [-0.3, -0.25) is 4.79 Å². The van der Waals surface area contributed by atoms with Crippen molar-refractivity contribution in [3.63, 3.8) is 0 Å². The first-order chi connectivity index (χ1) is 10.1. The molecule has 1 aliphatic rings. The Bertz CT molecular complexity index is 633. The normalized spacial score (nSPS) is 18.4. The van der Waals surface area contributed by atoms with Gasteiger partial charge in [0, 0.05) is 24.4 Å². The highest BCUT2D eigenvalue weighted by atomic mass is 32.2. The van der Waals surface area contributed by atoms with Gasteiger partial charge in [0.2, 0.25) is 10.0 Å². The van der Waals surface area contributed by atoms with Crippen molar-refractivity contribution in [2.24, 2.45) is 11.3 Å². The minimum Gasteiger partial charge on any atom is -0.299 e. The van der Waals surface area contributed by atoms with Crippen LogP contribution in [0.1, 0.15) is 39.2 Å². The minimum atomic E-state index is -3.44. The van der Waals surface area contributed by atoms with Gasteiger partial charge >= 0.3 is 0 Å². The van der Waals surface area contributed by atoms with Crippen molar-refractivity contribution >= 4 is 15.8 Å². The van der Waals surface area contributed by atoms with Crippen LogP contribution in [0.2, 0.25) is 0 Å². The maximum atomic E-state index is 12.6. The fraction of sp³-hybridized carbons (Fsp3) is 0.588. The van der Waals surface area contributed by atoms with E-state index in [2.05, 4.69) is 0 Å². The van der Waals surface area contributed by atoms with Crippen molar-refractivity contribution in [1.82, 2.24) is 4.31 Å². The first-order valence-corrected chi connectivity index (χ1v) is 9.17. The Morgan fingerprint density at radius 2 is 1.59 bits per heavy atom. The van der Waals surface area contributed by atoms with E-state index < -0.39 is 10.0 Å². The summed E-state index contributed by atoms with van der Waals surface area (Å²) in [7, 11) is -3.44. The fourth-order valence-corrected chi connectivity index (χ4v) is 4.30. The first kappa shape index (κ1) is 17.2. The number of carbonyl (C=O) groups is 1. The summed E-state index contributed by atoms with van der Waals surface area (Å²) in [6.07, 6.45) is 1.22. The van der Waals surface area contributed by atoms with Crippen LogP contribution in [0.25, 0.3) is 0 Å². The average molecular weight is 323 g/mol. The maximum Gasteiger partial charge on any atom is 0.243 e. The van der Waals surface area contributed by atoms with E-state index in [1.54, 1.807) is 12.1 Å². The molecule has 1 aromatic carbocycles. The van der Waals surface area contributed by atoms with E-state index in [-0.39, 0.29) is 17.1 Å². The molecule has 0 radical (unpaired) electrons. The Labute approximate surface area is 133 Å². The lowest BCUT2D eigenvalue weighted by molar-refractivity contribution is -0.131. The molecule has 5 heteroatoms. The molecule has 1 fully saturated rings. The molecule has 122 valence electrons. The molecule has 1 heterocycles. The molecule has 0 bridgehead atoms. The fourth-order valence-electron chi connectivity index (χ4n) is 2.83. The lowest BCUT2D eigenvalue weighted by Gasteiger charge is -2.33. The van der Waals surface area contributed by atoms with Crippen LogP contribution < -0.4 is 0 Å². The van der Waals surface area contributed by atoms with Gasteiger partial charge in [-0.05, 0) is 31.9 Å². The summed E-state index contributed by atoms with van der Waals surface area (Å²) < 4.78 is 26.7. The molecule has 2 rings (SSSR count). The standard InChI is InChI=1S/C17H25NO3S/c1-13-5-7-15(8-6-13)22(20,21)18-11-9-14(10-12-18)16(19)17(2,3)4/h5-8,14H,9-12H2,1-4H3. The van der Waals surface area contributed by atoms with Crippen molar-refractivity contribution in [1.29, 1.82) is 0 Å². The van der Waals surface area contributed by atoms with E-state index >= 15 is 0 Å². The number of nitrogens with zero attached hydrogens (tertiary/aromatic N) is 1. The summed E-state index contributed by atoms with van der Waals surface area (Å²) in [5, 5.41) is 0. The van der Waals surface area contributed by atoms with E-state index in [9.17, 15) is 13.2 Å². The number of Topliss-reactive ketones (excluding diaryl/α,β-unsaturated/α-hetero) is 1. The van der Waals surface area contributed by atoms with Crippen LogP contribution in [0.3, 0.4) is 0 Å². The Balaban J connectivity index is 2.08. The average Bonchev–Trinajstić information content (AvgIpc) is 2.46. The molecule has 0 aromatic heterocycles. The molecule has 1 saturated heterocycles. The highest BCUT2D eigenvalue weighted by Crippen LogP contribution is 2.29. The quantitative estimate of drug-likeness (QED) is 0.859. The summed E-state index contributed by atoms with van der Waals surface area (Å²) in [4.78, 5) is 12.6. The van der Waals surface area contributed by atoms with Crippen LogP contribution in [0, 0.1) is 18.3 Å². The molecule has 0 amide bonds. The number of sulfonamides is 1. The number of hydrogen-bond donors (Lipinski definition) is 0. The third-order valence-corrected chi connectivity index (χ3v) is 6.14. The predicted octanol–water partition coefficient (Wildman–Crippen LogP) is 3.01. The second-order valence-corrected chi connectivity index (χ2v) is 9.04. The summed E-state index contributed by atoms with van der Waals surface area (Å²) in [5.74, 6) is 0.212. The van der Waals surface area contributed by atoms with Crippen molar-refractivity contribution in [3.8, 4) is 0 Å². The van der Waals surface area contributed by atoms with Gasteiger partial charge in [-0.2, -0.15) is 4.31 Å². The number of aryl methyl sites for hydroxylation is 1. The van der Waals surface area contributed by atoms with Crippen molar-refractivity contribution in [2.45, 2.75) is 45.4 Å². The van der Waals surface area contributed by atoms with Gasteiger partial charge in [0.15, 0.2) is 0 Å². The van der Waals surface area contributed by atoms with Crippen molar-refractivity contribution < 1.29 is 13.2 Å². The second-order valence-electron chi connectivity index (χ2n) is 7.11. The zero-order valence-electron chi connectivity index (χ0n) is 13.8. The molecule has 0 saturated carbocycles. The van der Waals surface area contributed by atoms with E-state index in [1.165, 1.54) is 4.31 Å². The minimum absolute atomic E-state index is 0.0236. The molecule has 4 nitrogen and oxygen atoms in total. The molecule has 0 spiro atoms. The monoisotopic (exact) mass is 323 g/mol. The zero-order chi connectivity index (χ0) is 16.5. The number of piperidine rings is 1. The molecule has 0 aliphatic carbocycles. The van der Waals surface area contributed by atoms with Crippen LogP contribution in [-0.2, 0) is 14.8 Å². The third-order valence-electron chi connectivity index (χ3n) is 4.22. The molecular formula is C17H25NO3S. The molecule has 0 N–H and O–H groups in total. The maximum absolute atomic E-state index is 12.6. The molecule has 1 aromatic rings. The van der Waals surface area contributed by atoms with E-state index in [0.29, 0.717) is 30.8 Å². The van der Waals surface area contributed by atoms with Gasteiger partial charge in [0.25, 0.3) is 0 Å². The van der Waals surface area contributed by atoms with Gasteiger partial charge in [0.1, 0.15) is 5.78 Å². The lowest BCUT2D eigenvalue weighted by Crippen LogP contribution is -2.42. The number of carbonyl (C=O) groups excluding carboxylic acids is 1. The Morgan fingerprint density at radius 3 is 2.05 bits per heavy atom. The van der Waals surface area contributed by atoms with E-state index in [0.717, 1.165) is 5.56 Å². The Kier molecular flexibility index (Phi) is 4.78. The van der Waals surface area contributed by atoms with Gasteiger partial charge < -0.3 is 0 Å². The highest BCUT2D eigenvalue weighted by Gasteiger charge is 2.35. The largest absolute Gasteiger partial charge is 0.299 e. The summed E-state index contributed by atoms with van der Waals surface area (Å²) in [6.45, 7) is 8.53. The zero-order valence-corrected chi connectivity index (χ0v) is 14.6. The van der Waals surface area contributed by atoms with Gasteiger partial charge in [-0.1, -0.05) is 38.5 Å². The summed E-state index contributed by atoms with van der Waals surface area (Å²) >= 11 is 0.